The largest absolute Gasteiger partial charge is 0.465 e. The van der Waals surface area contributed by atoms with Crippen molar-refractivity contribution in [2.45, 2.75) is 33.5 Å². The number of carbonyl (C=O) groups is 3. The number of hydrogen-bond acceptors (Lipinski definition) is 6. The van der Waals surface area contributed by atoms with Gasteiger partial charge in [-0.15, -0.1) is 0 Å². The van der Waals surface area contributed by atoms with Gasteiger partial charge in [-0.2, -0.15) is 0 Å². The highest BCUT2D eigenvalue weighted by Gasteiger charge is 2.27. The molecule has 2 aromatic rings. The summed E-state index contributed by atoms with van der Waals surface area (Å²) in [6.45, 7) is 4.63. The average Bonchev–Trinajstić information content (AvgIpc) is 2.94. The molecule has 1 heterocycles. The van der Waals surface area contributed by atoms with Gasteiger partial charge < -0.3 is 19.6 Å². The van der Waals surface area contributed by atoms with E-state index in [-0.39, 0.29) is 17.9 Å². The average molecular weight is 359 g/mol. The van der Waals surface area contributed by atoms with Gasteiger partial charge in [-0.3, -0.25) is 4.79 Å². The summed E-state index contributed by atoms with van der Waals surface area (Å²) in [7, 11) is 1.27. The second-order valence-electron chi connectivity index (χ2n) is 5.88. The van der Waals surface area contributed by atoms with E-state index in [1.165, 1.54) is 26.2 Å². The molecule has 0 aliphatic heterocycles. The fraction of sp³-hybridized carbons (Fsp3) is 0.316. The summed E-state index contributed by atoms with van der Waals surface area (Å²) in [5.74, 6) is -1.63. The number of nitrogens with one attached hydrogen (secondary N) is 1. The SMILES string of the molecule is COC(=O)c1c(C)[nH]c(C(=O)C(C)OC(=O)c2ccc(CO)cc2)c1C. The molecule has 0 aliphatic carbocycles. The van der Waals surface area contributed by atoms with E-state index >= 15 is 0 Å². The molecule has 0 amide bonds. The molecule has 0 saturated heterocycles. The summed E-state index contributed by atoms with van der Waals surface area (Å²) >= 11 is 0. The van der Waals surface area contributed by atoms with Crippen LogP contribution in [0.2, 0.25) is 0 Å². The minimum Gasteiger partial charge on any atom is -0.465 e. The van der Waals surface area contributed by atoms with Gasteiger partial charge >= 0.3 is 11.9 Å². The Morgan fingerprint density at radius 3 is 2.27 bits per heavy atom. The lowest BCUT2D eigenvalue weighted by Gasteiger charge is -2.12. The molecule has 0 fully saturated rings. The lowest BCUT2D eigenvalue weighted by Crippen LogP contribution is -2.25. The Labute approximate surface area is 150 Å². The van der Waals surface area contributed by atoms with Crippen LogP contribution in [0.15, 0.2) is 24.3 Å². The van der Waals surface area contributed by atoms with E-state index in [1.807, 2.05) is 0 Å². The summed E-state index contributed by atoms with van der Waals surface area (Å²) in [6, 6.07) is 6.24. The van der Waals surface area contributed by atoms with E-state index in [0.717, 1.165) is 0 Å². The maximum absolute atomic E-state index is 12.6. The molecule has 0 radical (unpaired) electrons. The maximum Gasteiger partial charge on any atom is 0.339 e. The fourth-order valence-corrected chi connectivity index (χ4v) is 2.64. The van der Waals surface area contributed by atoms with E-state index in [0.29, 0.717) is 22.4 Å². The lowest BCUT2D eigenvalue weighted by molar-refractivity contribution is 0.0316. The van der Waals surface area contributed by atoms with Crippen molar-refractivity contribution in [2.24, 2.45) is 0 Å². The highest BCUT2D eigenvalue weighted by molar-refractivity contribution is 6.04. The highest BCUT2D eigenvalue weighted by atomic mass is 16.5. The lowest BCUT2D eigenvalue weighted by atomic mass is 10.1. The van der Waals surface area contributed by atoms with Crippen LogP contribution in [0.25, 0.3) is 0 Å². The van der Waals surface area contributed by atoms with Crippen LogP contribution in [0.4, 0.5) is 0 Å². The second kappa shape index (κ2) is 7.97. The van der Waals surface area contributed by atoms with Gasteiger partial charge in [-0.1, -0.05) is 12.1 Å². The van der Waals surface area contributed by atoms with Gasteiger partial charge in [0.1, 0.15) is 0 Å². The Morgan fingerprint density at radius 2 is 1.73 bits per heavy atom. The summed E-state index contributed by atoms with van der Waals surface area (Å²) in [6.07, 6.45) is -1.04. The number of rotatable bonds is 6. The number of benzene rings is 1. The Bertz CT molecular complexity index is 834. The van der Waals surface area contributed by atoms with Crippen LogP contribution in [-0.2, 0) is 16.1 Å². The second-order valence-corrected chi connectivity index (χ2v) is 5.88. The summed E-state index contributed by atoms with van der Waals surface area (Å²) in [5, 5.41) is 9.02. The number of Topliss-reactive ketones (excluding diaryl/α,β-unsaturated/α-hetero) is 1. The molecule has 138 valence electrons. The molecule has 1 aromatic heterocycles. The third-order valence-corrected chi connectivity index (χ3v) is 4.10. The number of methoxy groups -OCH3 is 1. The molecule has 0 bridgehead atoms. The predicted octanol–water partition coefficient (Wildman–Crippen LogP) is 2.34. The Kier molecular flexibility index (Phi) is 5.94. The summed E-state index contributed by atoms with van der Waals surface area (Å²) in [5.41, 5.74) is 2.41. The van der Waals surface area contributed by atoms with Gasteiger partial charge in [0.05, 0.1) is 30.5 Å². The first-order valence-electron chi connectivity index (χ1n) is 8.02. The molecule has 0 spiro atoms. The molecule has 0 aliphatic rings. The number of carbonyl (C=O) groups excluding carboxylic acids is 3. The first-order valence-corrected chi connectivity index (χ1v) is 8.02. The van der Waals surface area contributed by atoms with Crippen LogP contribution in [0.5, 0.6) is 0 Å². The molecule has 2 rings (SSSR count). The zero-order valence-electron chi connectivity index (χ0n) is 15.1. The molecule has 1 unspecified atom stereocenters. The number of aryl methyl sites for hydroxylation is 1. The zero-order chi connectivity index (χ0) is 19.4. The van der Waals surface area contributed by atoms with Gasteiger partial charge in [-0.25, -0.2) is 9.59 Å². The monoisotopic (exact) mass is 359 g/mol. The number of aromatic nitrogens is 1. The van der Waals surface area contributed by atoms with E-state index < -0.39 is 23.8 Å². The van der Waals surface area contributed by atoms with Crippen molar-refractivity contribution < 1.29 is 29.0 Å². The molecular weight excluding hydrogens is 338 g/mol. The van der Waals surface area contributed by atoms with Crippen molar-refractivity contribution >= 4 is 17.7 Å². The van der Waals surface area contributed by atoms with Crippen LogP contribution in [0, 0.1) is 13.8 Å². The zero-order valence-corrected chi connectivity index (χ0v) is 15.1. The molecule has 1 aromatic carbocycles. The van der Waals surface area contributed by atoms with Crippen LogP contribution < -0.4 is 0 Å². The minimum absolute atomic E-state index is 0.127. The van der Waals surface area contributed by atoms with Gasteiger partial charge in [0.2, 0.25) is 5.78 Å². The predicted molar refractivity (Wildman–Crippen MR) is 93.2 cm³/mol. The Morgan fingerprint density at radius 1 is 1.12 bits per heavy atom. The highest BCUT2D eigenvalue weighted by Crippen LogP contribution is 2.21. The number of ether oxygens (including phenoxy) is 2. The van der Waals surface area contributed by atoms with Crippen LogP contribution >= 0.6 is 0 Å². The summed E-state index contributed by atoms with van der Waals surface area (Å²) in [4.78, 5) is 39.5. The van der Waals surface area contributed by atoms with Crippen molar-refractivity contribution in [3.8, 4) is 0 Å². The number of aromatic amines is 1. The van der Waals surface area contributed by atoms with Crippen molar-refractivity contribution in [1.82, 2.24) is 4.98 Å². The normalized spacial score (nSPS) is 11.7. The Balaban J connectivity index is 2.16. The number of hydrogen-bond donors (Lipinski definition) is 2. The number of ketones is 1. The Hall–Kier alpha value is -2.93. The van der Waals surface area contributed by atoms with E-state index in [1.54, 1.807) is 26.0 Å². The fourth-order valence-electron chi connectivity index (χ4n) is 2.64. The number of esters is 2. The van der Waals surface area contributed by atoms with Crippen LogP contribution in [-0.4, -0.2) is 41.0 Å². The third kappa shape index (κ3) is 3.83. The van der Waals surface area contributed by atoms with Crippen molar-refractivity contribution in [2.75, 3.05) is 7.11 Å². The maximum atomic E-state index is 12.6. The molecule has 1 atom stereocenters. The van der Waals surface area contributed by atoms with E-state index in [4.69, 9.17) is 14.6 Å². The smallest absolute Gasteiger partial charge is 0.339 e. The van der Waals surface area contributed by atoms with E-state index in [2.05, 4.69) is 4.98 Å². The van der Waals surface area contributed by atoms with Gasteiger partial charge in [0, 0.05) is 5.69 Å². The van der Waals surface area contributed by atoms with Gasteiger partial charge in [-0.05, 0) is 44.0 Å². The van der Waals surface area contributed by atoms with Gasteiger partial charge in [0.15, 0.2) is 6.10 Å². The molecule has 0 saturated carbocycles. The van der Waals surface area contributed by atoms with Crippen molar-refractivity contribution in [1.29, 1.82) is 0 Å². The number of aliphatic hydroxyl groups excluding tert-OH is 1. The first-order chi connectivity index (χ1) is 12.3. The van der Waals surface area contributed by atoms with E-state index in [9.17, 15) is 14.4 Å². The third-order valence-electron chi connectivity index (χ3n) is 4.10. The molecular formula is C19H21NO6. The van der Waals surface area contributed by atoms with Crippen LogP contribution in [0.3, 0.4) is 0 Å². The van der Waals surface area contributed by atoms with Gasteiger partial charge in [0.25, 0.3) is 0 Å². The standard InChI is InChI=1S/C19H21NO6/c1-10-15(19(24)25-4)11(2)20-16(10)17(22)12(3)26-18(23)14-7-5-13(9-21)6-8-14/h5-8,12,20-21H,9H2,1-4H3. The topological polar surface area (TPSA) is 106 Å². The number of aliphatic hydroxyl groups is 1. The van der Waals surface area contributed by atoms with Crippen LogP contribution in [0.1, 0.15) is 54.9 Å². The molecule has 7 nitrogen and oxygen atoms in total. The quantitative estimate of drug-likeness (QED) is 0.606. The molecule has 7 heteroatoms. The first kappa shape index (κ1) is 19.4. The summed E-state index contributed by atoms with van der Waals surface area (Å²) < 4.78 is 9.95. The van der Waals surface area contributed by atoms with Crippen molar-refractivity contribution in [3.63, 3.8) is 0 Å². The number of H-pyrrole nitrogens is 1. The minimum atomic E-state index is -1.04. The molecule has 26 heavy (non-hydrogen) atoms. The van der Waals surface area contributed by atoms with Crippen molar-refractivity contribution in [3.05, 3.63) is 57.9 Å². The molecule has 2 N–H and O–H groups in total.